The fourth-order valence-corrected chi connectivity index (χ4v) is 3.83. The third kappa shape index (κ3) is 3.42. The van der Waals surface area contributed by atoms with Crippen LogP contribution in [-0.4, -0.2) is 43.0 Å². The Labute approximate surface area is 157 Å². The molecule has 7 nitrogen and oxygen atoms in total. The molecule has 0 bridgehead atoms. The van der Waals surface area contributed by atoms with Crippen molar-refractivity contribution >= 4 is 0 Å². The molecule has 138 valence electrons. The molecule has 4 heterocycles. The number of pyridine rings is 1. The number of rotatable bonds is 6. The van der Waals surface area contributed by atoms with Crippen LogP contribution in [-0.2, 0) is 13.1 Å². The van der Waals surface area contributed by atoms with Crippen molar-refractivity contribution in [2.45, 2.75) is 31.8 Å². The van der Waals surface area contributed by atoms with E-state index >= 15 is 0 Å². The SMILES string of the molecule is O=c1ccc(-c2cccnc2)nn1CC1CN(Cc2cn[nH]c2C2CC2)C1. The molecule has 1 aliphatic carbocycles. The lowest BCUT2D eigenvalue weighted by atomic mass is 9.99. The lowest BCUT2D eigenvalue weighted by Gasteiger charge is -2.39. The Hall–Kier alpha value is -2.80. The van der Waals surface area contributed by atoms with E-state index in [0.29, 0.717) is 18.4 Å². The maximum absolute atomic E-state index is 12.2. The molecule has 0 unspecified atom stereocenters. The van der Waals surface area contributed by atoms with E-state index in [1.165, 1.54) is 24.1 Å². The summed E-state index contributed by atoms with van der Waals surface area (Å²) in [4.78, 5) is 18.7. The lowest BCUT2D eigenvalue weighted by Crippen LogP contribution is -2.48. The average molecular weight is 362 g/mol. The van der Waals surface area contributed by atoms with E-state index in [1.54, 1.807) is 29.2 Å². The van der Waals surface area contributed by atoms with Gasteiger partial charge >= 0.3 is 0 Å². The summed E-state index contributed by atoms with van der Waals surface area (Å²) in [5.41, 5.74) is 4.30. The van der Waals surface area contributed by atoms with Crippen LogP contribution in [0.25, 0.3) is 11.3 Å². The van der Waals surface area contributed by atoms with Crippen LogP contribution in [0.1, 0.15) is 30.0 Å². The van der Waals surface area contributed by atoms with E-state index < -0.39 is 0 Å². The van der Waals surface area contributed by atoms with Gasteiger partial charge in [0, 0.05) is 66.8 Å². The summed E-state index contributed by atoms with van der Waals surface area (Å²) in [6.45, 7) is 3.57. The fourth-order valence-electron chi connectivity index (χ4n) is 3.83. The van der Waals surface area contributed by atoms with Crippen LogP contribution in [0.5, 0.6) is 0 Å². The van der Waals surface area contributed by atoms with Crippen LogP contribution in [0.3, 0.4) is 0 Å². The van der Waals surface area contributed by atoms with Crippen molar-refractivity contribution in [1.82, 2.24) is 29.9 Å². The number of H-pyrrole nitrogens is 1. The summed E-state index contributed by atoms with van der Waals surface area (Å²) in [6, 6.07) is 7.19. The van der Waals surface area contributed by atoms with Crippen molar-refractivity contribution in [2.75, 3.05) is 13.1 Å². The highest BCUT2D eigenvalue weighted by molar-refractivity contribution is 5.56. The smallest absolute Gasteiger partial charge is 0.266 e. The first kappa shape index (κ1) is 16.4. The molecule has 5 rings (SSSR count). The monoisotopic (exact) mass is 362 g/mol. The van der Waals surface area contributed by atoms with E-state index in [9.17, 15) is 4.79 Å². The molecule has 2 fully saturated rings. The quantitative estimate of drug-likeness (QED) is 0.726. The Morgan fingerprint density at radius 1 is 1.15 bits per heavy atom. The number of hydrogen-bond acceptors (Lipinski definition) is 5. The van der Waals surface area contributed by atoms with Gasteiger partial charge in [-0.05, 0) is 31.0 Å². The van der Waals surface area contributed by atoms with Crippen LogP contribution in [0.15, 0.2) is 47.7 Å². The maximum Gasteiger partial charge on any atom is 0.266 e. The minimum Gasteiger partial charge on any atom is -0.298 e. The van der Waals surface area contributed by atoms with Gasteiger partial charge in [0.1, 0.15) is 0 Å². The summed E-state index contributed by atoms with van der Waals surface area (Å²) in [5, 5.41) is 11.9. The van der Waals surface area contributed by atoms with Gasteiger partial charge in [0.05, 0.1) is 18.4 Å². The van der Waals surface area contributed by atoms with Gasteiger partial charge in [0.2, 0.25) is 0 Å². The molecule has 0 aromatic carbocycles. The van der Waals surface area contributed by atoms with E-state index in [-0.39, 0.29) is 5.56 Å². The molecule has 7 heteroatoms. The fraction of sp³-hybridized carbons (Fsp3) is 0.400. The second-order valence-corrected chi connectivity index (χ2v) is 7.62. The van der Waals surface area contributed by atoms with Gasteiger partial charge in [0.15, 0.2) is 0 Å². The molecule has 1 N–H and O–H groups in total. The molecular weight excluding hydrogens is 340 g/mol. The van der Waals surface area contributed by atoms with Crippen molar-refractivity contribution in [1.29, 1.82) is 0 Å². The van der Waals surface area contributed by atoms with Gasteiger partial charge in [-0.15, -0.1) is 0 Å². The minimum absolute atomic E-state index is 0.0491. The minimum atomic E-state index is -0.0491. The van der Waals surface area contributed by atoms with Crippen molar-refractivity contribution in [2.24, 2.45) is 5.92 Å². The third-order valence-corrected chi connectivity index (χ3v) is 5.42. The molecule has 2 aliphatic rings. The largest absolute Gasteiger partial charge is 0.298 e. The van der Waals surface area contributed by atoms with Crippen LogP contribution in [0.2, 0.25) is 0 Å². The molecule has 3 aromatic rings. The molecule has 27 heavy (non-hydrogen) atoms. The molecule has 0 atom stereocenters. The molecular formula is C20H22N6O. The van der Waals surface area contributed by atoms with Crippen molar-refractivity contribution in [3.63, 3.8) is 0 Å². The van der Waals surface area contributed by atoms with Crippen molar-refractivity contribution < 1.29 is 0 Å². The maximum atomic E-state index is 12.2. The number of aromatic amines is 1. The van der Waals surface area contributed by atoms with E-state index in [0.717, 1.165) is 30.9 Å². The average Bonchev–Trinajstić information content (AvgIpc) is 3.41. The topological polar surface area (TPSA) is 79.7 Å². The second kappa shape index (κ2) is 6.74. The normalized spacial score (nSPS) is 17.8. The highest BCUT2D eigenvalue weighted by atomic mass is 16.1. The number of likely N-dealkylation sites (tertiary alicyclic amines) is 1. The standard InChI is InChI=1S/C20H22N6O/c27-19-6-5-18(16-2-1-7-21-8-16)24-26(19)12-14-10-25(11-14)13-17-9-22-23-20(17)15-3-4-15/h1-2,5-9,14-15H,3-4,10-13H2,(H,22,23). The predicted octanol–water partition coefficient (Wildman–Crippen LogP) is 2.04. The van der Waals surface area contributed by atoms with Crippen molar-refractivity contribution in [3.05, 3.63) is 64.5 Å². The Bertz CT molecular complexity index is 985. The number of aromatic nitrogens is 5. The van der Waals surface area contributed by atoms with E-state index in [2.05, 4.69) is 25.2 Å². The van der Waals surface area contributed by atoms with E-state index in [4.69, 9.17) is 0 Å². The van der Waals surface area contributed by atoms with Gasteiger partial charge in [-0.1, -0.05) is 0 Å². The molecule has 0 amide bonds. The Morgan fingerprint density at radius 2 is 2.04 bits per heavy atom. The van der Waals surface area contributed by atoms with E-state index in [1.807, 2.05) is 18.3 Å². The molecule has 3 aromatic heterocycles. The molecule has 1 aliphatic heterocycles. The van der Waals surface area contributed by atoms with Gasteiger partial charge in [-0.2, -0.15) is 10.2 Å². The summed E-state index contributed by atoms with van der Waals surface area (Å²) >= 11 is 0. The van der Waals surface area contributed by atoms with Gasteiger partial charge in [0.25, 0.3) is 5.56 Å². The molecule has 1 saturated heterocycles. The zero-order valence-corrected chi connectivity index (χ0v) is 15.1. The predicted molar refractivity (Wildman–Crippen MR) is 101 cm³/mol. The zero-order valence-electron chi connectivity index (χ0n) is 15.1. The van der Waals surface area contributed by atoms with Crippen molar-refractivity contribution in [3.8, 4) is 11.3 Å². The molecule has 0 radical (unpaired) electrons. The first-order valence-electron chi connectivity index (χ1n) is 9.49. The summed E-state index contributed by atoms with van der Waals surface area (Å²) in [6.07, 6.45) is 8.02. The highest BCUT2D eigenvalue weighted by Crippen LogP contribution is 2.40. The van der Waals surface area contributed by atoms with Crippen LogP contribution in [0, 0.1) is 5.92 Å². The number of nitrogens with one attached hydrogen (secondary N) is 1. The summed E-state index contributed by atoms with van der Waals surface area (Å²) < 4.78 is 1.60. The first-order chi connectivity index (χ1) is 13.3. The number of nitrogens with zero attached hydrogens (tertiary/aromatic N) is 5. The molecule has 0 spiro atoms. The van der Waals surface area contributed by atoms with Gasteiger partial charge < -0.3 is 0 Å². The third-order valence-electron chi connectivity index (χ3n) is 5.42. The molecule has 1 saturated carbocycles. The summed E-state index contributed by atoms with van der Waals surface area (Å²) in [7, 11) is 0. The Kier molecular flexibility index (Phi) is 4.09. The summed E-state index contributed by atoms with van der Waals surface area (Å²) in [5.74, 6) is 1.15. The first-order valence-corrected chi connectivity index (χ1v) is 9.49. The second-order valence-electron chi connectivity index (χ2n) is 7.62. The highest BCUT2D eigenvalue weighted by Gasteiger charge is 2.31. The van der Waals surface area contributed by atoms with Gasteiger partial charge in [-0.3, -0.25) is 19.8 Å². The van der Waals surface area contributed by atoms with Crippen LogP contribution in [0.4, 0.5) is 0 Å². The zero-order chi connectivity index (χ0) is 18.2. The Morgan fingerprint density at radius 3 is 2.81 bits per heavy atom. The number of hydrogen-bond donors (Lipinski definition) is 1. The lowest BCUT2D eigenvalue weighted by molar-refractivity contribution is 0.0765. The Balaban J connectivity index is 1.22. The van der Waals surface area contributed by atoms with Crippen LogP contribution >= 0.6 is 0 Å². The van der Waals surface area contributed by atoms with Crippen LogP contribution < -0.4 is 5.56 Å². The van der Waals surface area contributed by atoms with Gasteiger partial charge in [-0.25, -0.2) is 4.68 Å².